The van der Waals surface area contributed by atoms with Gasteiger partial charge in [0.05, 0.1) is 22.5 Å². The van der Waals surface area contributed by atoms with Gasteiger partial charge in [-0.05, 0) is 72.5 Å². The van der Waals surface area contributed by atoms with Crippen molar-refractivity contribution in [3.63, 3.8) is 0 Å². The van der Waals surface area contributed by atoms with Crippen LogP contribution in [0.1, 0.15) is 37.4 Å². The number of nitrogens with one attached hydrogen (secondary N) is 1. The minimum absolute atomic E-state index is 0.214. The quantitative estimate of drug-likeness (QED) is 0.275. The number of aryl methyl sites for hydroxylation is 1. The number of benzene rings is 4. The van der Waals surface area contributed by atoms with Gasteiger partial charge in [-0.25, -0.2) is 9.59 Å². The van der Waals surface area contributed by atoms with Crippen LogP contribution < -0.4 is 10.2 Å². The number of para-hydroxylation sites is 2. The van der Waals surface area contributed by atoms with Crippen molar-refractivity contribution in [1.82, 2.24) is 0 Å². The number of nitrogens with zero attached hydrogens (tertiary/aromatic N) is 1. The van der Waals surface area contributed by atoms with Crippen LogP contribution in [0.5, 0.6) is 0 Å². The molecule has 0 atom stereocenters. The molecule has 0 aliphatic heterocycles. The Bertz CT molecular complexity index is 1400. The average Bonchev–Trinajstić information content (AvgIpc) is 2.85. The molecule has 0 saturated carbocycles. The van der Waals surface area contributed by atoms with E-state index in [1.807, 2.05) is 55.3 Å². The van der Waals surface area contributed by atoms with Crippen LogP contribution >= 0.6 is 0 Å². The predicted octanol–water partition coefficient (Wildman–Crippen LogP) is 6.49. The smallest absolute Gasteiger partial charge is 0.337 e. The first kappa shape index (κ1) is 23.6. The molecule has 0 radical (unpaired) electrons. The van der Waals surface area contributed by atoms with Crippen molar-refractivity contribution in [2.24, 2.45) is 0 Å². The van der Waals surface area contributed by atoms with E-state index in [-0.39, 0.29) is 11.1 Å². The summed E-state index contributed by atoms with van der Waals surface area (Å²) >= 11 is 0. The molecule has 0 heterocycles. The molecule has 4 aromatic rings. The van der Waals surface area contributed by atoms with E-state index in [4.69, 9.17) is 0 Å². The number of aromatic carboxylic acids is 2. The third kappa shape index (κ3) is 5.33. The summed E-state index contributed by atoms with van der Waals surface area (Å²) in [5.41, 5.74) is 6.54. The molecule has 4 rings (SSSR count). The van der Waals surface area contributed by atoms with Gasteiger partial charge in [0.15, 0.2) is 0 Å². The Kier molecular flexibility index (Phi) is 6.83. The van der Waals surface area contributed by atoms with Gasteiger partial charge in [-0.2, -0.15) is 0 Å². The van der Waals surface area contributed by atoms with E-state index < -0.39 is 11.9 Å². The molecule has 0 aliphatic carbocycles. The molecule has 3 N–H and O–H groups in total. The Morgan fingerprint density at radius 1 is 0.743 bits per heavy atom. The monoisotopic (exact) mass is 466 g/mol. The Morgan fingerprint density at radius 3 is 2.14 bits per heavy atom. The van der Waals surface area contributed by atoms with Gasteiger partial charge < -0.3 is 20.4 Å². The lowest BCUT2D eigenvalue weighted by atomic mass is 10.0. The van der Waals surface area contributed by atoms with Crippen LogP contribution in [-0.4, -0.2) is 29.2 Å². The Labute approximate surface area is 204 Å². The molecular weight excluding hydrogens is 440 g/mol. The fourth-order valence-electron chi connectivity index (χ4n) is 4.13. The fraction of sp³-hybridized carbons (Fsp3) is 0.103. The maximum atomic E-state index is 11.7. The second-order valence-corrected chi connectivity index (χ2v) is 8.36. The van der Waals surface area contributed by atoms with Gasteiger partial charge in [0.2, 0.25) is 0 Å². The second-order valence-electron chi connectivity index (χ2n) is 8.36. The molecule has 35 heavy (non-hydrogen) atoms. The molecule has 6 heteroatoms. The van der Waals surface area contributed by atoms with Crippen LogP contribution in [0, 0.1) is 6.92 Å². The number of carbonyl (C=O) groups is 2. The van der Waals surface area contributed by atoms with Gasteiger partial charge in [0.25, 0.3) is 0 Å². The van der Waals surface area contributed by atoms with Crippen LogP contribution in [0.4, 0.5) is 22.7 Å². The van der Waals surface area contributed by atoms with Crippen molar-refractivity contribution in [1.29, 1.82) is 0 Å². The summed E-state index contributed by atoms with van der Waals surface area (Å²) in [4.78, 5) is 25.1. The highest BCUT2D eigenvalue weighted by Crippen LogP contribution is 2.31. The topological polar surface area (TPSA) is 89.9 Å². The van der Waals surface area contributed by atoms with Gasteiger partial charge in [0, 0.05) is 18.4 Å². The lowest BCUT2D eigenvalue weighted by Gasteiger charge is -2.24. The molecule has 0 saturated heterocycles. The van der Waals surface area contributed by atoms with Crippen LogP contribution in [-0.2, 0) is 6.42 Å². The molecule has 0 unspecified atom stereocenters. The van der Waals surface area contributed by atoms with Gasteiger partial charge in [-0.3, -0.25) is 0 Å². The first-order valence-electron chi connectivity index (χ1n) is 11.2. The molecule has 0 fully saturated rings. The van der Waals surface area contributed by atoms with Crippen molar-refractivity contribution >= 4 is 34.7 Å². The number of hydrogen-bond donors (Lipinski definition) is 3. The first-order chi connectivity index (χ1) is 16.8. The maximum absolute atomic E-state index is 11.7. The van der Waals surface area contributed by atoms with Crippen molar-refractivity contribution in [2.75, 3.05) is 17.3 Å². The predicted molar refractivity (Wildman–Crippen MR) is 139 cm³/mol. The van der Waals surface area contributed by atoms with E-state index in [0.29, 0.717) is 17.8 Å². The molecule has 0 aromatic heterocycles. The number of rotatable bonds is 8. The van der Waals surface area contributed by atoms with E-state index in [1.54, 1.807) is 42.5 Å². The summed E-state index contributed by atoms with van der Waals surface area (Å²) in [6, 6.07) is 27.8. The van der Waals surface area contributed by atoms with E-state index in [9.17, 15) is 19.8 Å². The average molecular weight is 467 g/mol. The minimum atomic E-state index is -0.981. The zero-order valence-corrected chi connectivity index (χ0v) is 19.5. The fourth-order valence-corrected chi connectivity index (χ4v) is 4.13. The third-order valence-corrected chi connectivity index (χ3v) is 5.90. The highest BCUT2D eigenvalue weighted by atomic mass is 16.4. The first-order valence-corrected chi connectivity index (χ1v) is 11.2. The van der Waals surface area contributed by atoms with Crippen molar-refractivity contribution < 1.29 is 19.8 Å². The molecule has 4 aromatic carbocycles. The van der Waals surface area contributed by atoms with E-state index in [1.165, 1.54) is 0 Å². The summed E-state index contributed by atoms with van der Waals surface area (Å²) in [6.07, 6.45) is 0.664. The number of carboxylic acids is 2. The summed E-state index contributed by atoms with van der Waals surface area (Å²) in [5.74, 6) is -1.94. The van der Waals surface area contributed by atoms with E-state index in [2.05, 4.69) is 17.4 Å². The zero-order valence-electron chi connectivity index (χ0n) is 19.5. The zero-order chi connectivity index (χ0) is 24.9. The standard InChI is InChI=1S/C29H26N2O4/c1-19-14-15-21(18-27(19)31(2)26-13-6-4-11-24(26)29(34)35)16-20-8-7-9-22(17-20)30-25-12-5-3-10-23(25)28(32)33/h3-15,17-18,30H,16H2,1-2H3,(H,32,33)(H,34,35). The van der Waals surface area contributed by atoms with Crippen LogP contribution in [0.3, 0.4) is 0 Å². The summed E-state index contributed by atoms with van der Waals surface area (Å²) in [7, 11) is 1.87. The summed E-state index contributed by atoms with van der Waals surface area (Å²) < 4.78 is 0. The number of anilines is 4. The van der Waals surface area contributed by atoms with Gasteiger partial charge >= 0.3 is 11.9 Å². The largest absolute Gasteiger partial charge is 0.478 e. The Hall–Kier alpha value is -4.58. The normalized spacial score (nSPS) is 10.6. The highest BCUT2D eigenvalue weighted by molar-refractivity contribution is 5.96. The molecule has 6 nitrogen and oxygen atoms in total. The summed E-state index contributed by atoms with van der Waals surface area (Å²) in [6.45, 7) is 2.00. The van der Waals surface area contributed by atoms with E-state index >= 15 is 0 Å². The highest BCUT2D eigenvalue weighted by Gasteiger charge is 2.16. The Balaban J connectivity index is 1.59. The molecule has 0 aliphatic rings. The third-order valence-electron chi connectivity index (χ3n) is 5.90. The van der Waals surface area contributed by atoms with Gasteiger partial charge in [-0.1, -0.05) is 48.5 Å². The van der Waals surface area contributed by atoms with Crippen molar-refractivity contribution in [3.05, 3.63) is 119 Å². The molecule has 176 valence electrons. The lowest BCUT2D eigenvalue weighted by Crippen LogP contribution is -2.15. The van der Waals surface area contributed by atoms with Crippen molar-refractivity contribution in [2.45, 2.75) is 13.3 Å². The van der Waals surface area contributed by atoms with E-state index in [0.717, 1.165) is 28.1 Å². The minimum Gasteiger partial charge on any atom is -0.478 e. The molecule has 0 amide bonds. The molecule has 0 spiro atoms. The van der Waals surface area contributed by atoms with Crippen LogP contribution in [0.25, 0.3) is 0 Å². The number of hydrogen-bond acceptors (Lipinski definition) is 4. The molecular formula is C29H26N2O4. The maximum Gasteiger partial charge on any atom is 0.337 e. The number of carboxylic acid groups (broad SMARTS) is 2. The van der Waals surface area contributed by atoms with Crippen molar-refractivity contribution in [3.8, 4) is 0 Å². The van der Waals surface area contributed by atoms with Gasteiger partial charge in [-0.15, -0.1) is 0 Å². The van der Waals surface area contributed by atoms with Crippen LogP contribution in [0.2, 0.25) is 0 Å². The van der Waals surface area contributed by atoms with Crippen LogP contribution in [0.15, 0.2) is 91.0 Å². The second kappa shape index (κ2) is 10.1. The molecule has 0 bridgehead atoms. The summed E-state index contributed by atoms with van der Waals surface area (Å²) in [5, 5.41) is 22.2. The Morgan fingerprint density at radius 2 is 1.40 bits per heavy atom. The lowest BCUT2D eigenvalue weighted by molar-refractivity contribution is 0.0687. The SMILES string of the molecule is Cc1ccc(Cc2cccc(Nc3ccccc3C(=O)O)c2)cc1N(C)c1ccccc1C(=O)O. The van der Waals surface area contributed by atoms with Gasteiger partial charge in [0.1, 0.15) is 0 Å².